The summed E-state index contributed by atoms with van der Waals surface area (Å²) in [6.45, 7) is 1.49. The van der Waals surface area contributed by atoms with E-state index in [1.807, 2.05) is 30.3 Å². The van der Waals surface area contributed by atoms with E-state index in [2.05, 4.69) is 10.3 Å². The fourth-order valence-corrected chi connectivity index (χ4v) is 2.42. The molecule has 5 nitrogen and oxygen atoms in total. The zero-order valence-corrected chi connectivity index (χ0v) is 13.9. The summed E-state index contributed by atoms with van der Waals surface area (Å²) in [5.41, 5.74) is 2.12. The van der Waals surface area contributed by atoms with Crippen LogP contribution in [0.4, 0.5) is 5.69 Å². The standard InChI is InChI=1S/C20H18N2O3/c1-14(23)16-8-5-9-17(12-16)22-19(24)10-11-20-21-13-18(25-20)15-6-3-2-4-7-15/h2-9,12-13H,10-11H2,1H3,(H,22,24). The third-order valence-corrected chi connectivity index (χ3v) is 3.73. The van der Waals surface area contributed by atoms with E-state index < -0.39 is 0 Å². The summed E-state index contributed by atoms with van der Waals surface area (Å²) in [5, 5.41) is 2.79. The number of aromatic nitrogens is 1. The summed E-state index contributed by atoms with van der Waals surface area (Å²) in [6.07, 6.45) is 2.32. The van der Waals surface area contributed by atoms with Crippen molar-refractivity contribution in [3.8, 4) is 11.3 Å². The number of ketones is 1. The fourth-order valence-electron chi connectivity index (χ4n) is 2.42. The van der Waals surface area contributed by atoms with Gasteiger partial charge < -0.3 is 9.73 Å². The zero-order chi connectivity index (χ0) is 17.6. The van der Waals surface area contributed by atoms with E-state index in [0.717, 1.165) is 5.56 Å². The van der Waals surface area contributed by atoms with Crippen LogP contribution >= 0.6 is 0 Å². The van der Waals surface area contributed by atoms with Gasteiger partial charge in [0, 0.05) is 29.7 Å². The van der Waals surface area contributed by atoms with Crippen molar-refractivity contribution >= 4 is 17.4 Å². The third kappa shape index (κ3) is 4.41. The normalized spacial score (nSPS) is 10.4. The molecule has 126 valence electrons. The lowest BCUT2D eigenvalue weighted by atomic mass is 10.1. The summed E-state index contributed by atoms with van der Waals surface area (Å²) in [5.74, 6) is 1.01. The number of carbonyl (C=O) groups is 2. The minimum atomic E-state index is -0.153. The highest BCUT2D eigenvalue weighted by Crippen LogP contribution is 2.20. The maximum absolute atomic E-state index is 12.1. The van der Waals surface area contributed by atoms with Crippen molar-refractivity contribution in [3.63, 3.8) is 0 Å². The Morgan fingerprint density at radius 1 is 1.08 bits per heavy atom. The number of nitrogens with zero attached hydrogens (tertiary/aromatic N) is 1. The molecule has 3 aromatic rings. The molecule has 2 aromatic carbocycles. The Kier molecular flexibility index (Phi) is 5.04. The number of aryl methyl sites for hydroxylation is 1. The maximum Gasteiger partial charge on any atom is 0.224 e. The first-order valence-electron chi connectivity index (χ1n) is 8.03. The molecule has 1 N–H and O–H groups in total. The Labute approximate surface area is 145 Å². The van der Waals surface area contributed by atoms with Crippen LogP contribution in [0, 0.1) is 0 Å². The topological polar surface area (TPSA) is 72.2 Å². The van der Waals surface area contributed by atoms with Crippen molar-refractivity contribution in [2.24, 2.45) is 0 Å². The van der Waals surface area contributed by atoms with Gasteiger partial charge in [-0.05, 0) is 19.1 Å². The number of anilines is 1. The number of nitrogens with one attached hydrogen (secondary N) is 1. The molecule has 5 heteroatoms. The smallest absolute Gasteiger partial charge is 0.224 e. The van der Waals surface area contributed by atoms with E-state index in [1.165, 1.54) is 6.92 Å². The molecule has 1 amide bonds. The Bertz CT molecular complexity index is 885. The minimum Gasteiger partial charge on any atom is -0.441 e. The van der Waals surface area contributed by atoms with Crippen LogP contribution in [0.3, 0.4) is 0 Å². The summed E-state index contributed by atoms with van der Waals surface area (Å²) in [7, 11) is 0. The average Bonchev–Trinajstić information content (AvgIpc) is 3.10. The number of Topliss-reactive ketones (excluding diaryl/α,β-unsaturated/α-hetero) is 1. The van der Waals surface area contributed by atoms with Crippen molar-refractivity contribution in [2.45, 2.75) is 19.8 Å². The number of hydrogen-bond acceptors (Lipinski definition) is 4. The molecule has 0 aliphatic heterocycles. The second-order valence-electron chi connectivity index (χ2n) is 5.67. The summed E-state index contributed by atoms with van der Waals surface area (Å²) in [4.78, 5) is 27.7. The number of rotatable bonds is 6. The van der Waals surface area contributed by atoms with Gasteiger partial charge in [0.05, 0.1) is 6.20 Å². The van der Waals surface area contributed by atoms with Gasteiger partial charge >= 0.3 is 0 Å². The van der Waals surface area contributed by atoms with Gasteiger partial charge in [-0.15, -0.1) is 0 Å². The van der Waals surface area contributed by atoms with Crippen molar-refractivity contribution in [3.05, 3.63) is 72.2 Å². The van der Waals surface area contributed by atoms with E-state index in [0.29, 0.717) is 29.3 Å². The molecule has 0 spiro atoms. The number of amides is 1. The Balaban J connectivity index is 1.57. The van der Waals surface area contributed by atoms with Gasteiger partial charge in [0.15, 0.2) is 17.4 Å². The number of hydrogen-bond donors (Lipinski definition) is 1. The third-order valence-electron chi connectivity index (χ3n) is 3.73. The monoisotopic (exact) mass is 334 g/mol. The van der Waals surface area contributed by atoms with Crippen LogP contribution in [-0.4, -0.2) is 16.7 Å². The number of carbonyl (C=O) groups excluding carboxylic acids is 2. The largest absolute Gasteiger partial charge is 0.441 e. The minimum absolute atomic E-state index is 0.0377. The molecule has 1 heterocycles. The SMILES string of the molecule is CC(=O)c1cccc(NC(=O)CCc2ncc(-c3ccccc3)o2)c1. The molecular formula is C20H18N2O3. The number of benzene rings is 2. The molecule has 0 saturated heterocycles. The Morgan fingerprint density at radius 3 is 2.64 bits per heavy atom. The van der Waals surface area contributed by atoms with E-state index in [9.17, 15) is 9.59 Å². The molecule has 0 bridgehead atoms. The highest BCUT2D eigenvalue weighted by Gasteiger charge is 2.09. The van der Waals surface area contributed by atoms with E-state index >= 15 is 0 Å². The van der Waals surface area contributed by atoms with Crippen LogP contribution < -0.4 is 5.32 Å². The Hall–Kier alpha value is -3.21. The first-order chi connectivity index (χ1) is 12.1. The molecule has 1 aromatic heterocycles. The van der Waals surface area contributed by atoms with Crippen molar-refractivity contribution < 1.29 is 14.0 Å². The van der Waals surface area contributed by atoms with Crippen LogP contribution in [0.1, 0.15) is 29.6 Å². The maximum atomic E-state index is 12.1. The van der Waals surface area contributed by atoms with Gasteiger partial charge in [-0.3, -0.25) is 9.59 Å². The van der Waals surface area contributed by atoms with Crippen LogP contribution in [0.5, 0.6) is 0 Å². The van der Waals surface area contributed by atoms with Crippen molar-refractivity contribution in [2.75, 3.05) is 5.32 Å². The van der Waals surface area contributed by atoms with Crippen LogP contribution in [0.2, 0.25) is 0 Å². The lowest BCUT2D eigenvalue weighted by molar-refractivity contribution is -0.116. The van der Waals surface area contributed by atoms with Gasteiger partial charge in [-0.25, -0.2) is 4.98 Å². The first kappa shape index (κ1) is 16.6. The zero-order valence-electron chi connectivity index (χ0n) is 13.9. The molecular weight excluding hydrogens is 316 g/mol. The average molecular weight is 334 g/mol. The van der Waals surface area contributed by atoms with Gasteiger partial charge in [0.2, 0.25) is 5.91 Å². The van der Waals surface area contributed by atoms with E-state index in [1.54, 1.807) is 30.5 Å². The number of oxazole rings is 1. The van der Waals surface area contributed by atoms with Gasteiger partial charge in [-0.1, -0.05) is 42.5 Å². The molecule has 0 radical (unpaired) electrons. The van der Waals surface area contributed by atoms with Gasteiger partial charge in [-0.2, -0.15) is 0 Å². The highest BCUT2D eigenvalue weighted by molar-refractivity contribution is 5.97. The van der Waals surface area contributed by atoms with Crippen LogP contribution in [0.25, 0.3) is 11.3 Å². The molecule has 0 saturated carbocycles. The molecule has 0 fully saturated rings. The second-order valence-corrected chi connectivity index (χ2v) is 5.67. The molecule has 0 unspecified atom stereocenters. The Morgan fingerprint density at radius 2 is 1.88 bits per heavy atom. The predicted octanol–water partition coefficient (Wildman–Crippen LogP) is 4.12. The first-order valence-corrected chi connectivity index (χ1v) is 8.03. The van der Waals surface area contributed by atoms with E-state index in [-0.39, 0.29) is 18.1 Å². The predicted molar refractivity (Wildman–Crippen MR) is 95.3 cm³/mol. The molecule has 0 atom stereocenters. The quantitative estimate of drug-likeness (QED) is 0.688. The highest BCUT2D eigenvalue weighted by atomic mass is 16.4. The molecule has 3 rings (SSSR count). The second kappa shape index (κ2) is 7.57. The lowest BCUT2D eigenvalue weighted by Gasteiger charge is -2.05. The summed E-state index contributed by atoms with van der Waals surface area (Å²) in [6, 6.07) is 16.6. The van der Waals surface area contributed by atoms with Crippen molar-refractivity contribution in [1.29, 1.82) is 0 Å². The van der Waals surface area contributed by atoms with E-state index in [4.69, 9.17) is 4.42 Å². The van der Waals surface area contributed by atoms with Crippen LogP contribution in [0.15, 0.2) is 65.2 Å². The van der Waals surface area contributed by atoms with Crippen molar-refractivity contribution in [1.82, 2.24) is 4.98 Å². The molecule has 0 aliphatic carbocycles. The van der Waals surface area contributed by atoms with Gasteiger partial charge in [0.1, 0.15) is 0 Å². The lowest BCUT2D eigenvalue weighted by Crippen LogP contribution is -2.12. The van der Waals surface area contributed by atoms with Gasteiger partial charge in [0.25, 0.3) is 0 Å². The van der Waals surface area contributed by atoms with Crippen LogP contribution in [-0.2, 0) is 11.2 Å². The fraction of sp³-hybridized carbons (Fsp3) is 0.150. The molecule has 25 heavy (non-hydrogen) atoms. The summed E-state index contributed by atoms with van der Waals surface area (Å²) >= 11 is 0. The molecule has 0 aliphatic rings. The summed E-state index contributed by atoms with van der Waals surface area (Å²) < 4.78 is 5.69.